The van der Waals surface area contributed by atoms with E-state index >= 15 is 0 Å². The van der Waals surface area contributed by atoms with E-state index in [1.54, 1.807) is 29.8 Å². The van der Waals surface area contributed by atoms with Gasteiger partial charge in [-0.15, -0.1) is 0 Å². The Bertz CT molecular complexity index is 886. The molecule has 0 radical (unpaired) electrons. The standard InChI is InChI=1S/C14H11ClF2N4O/c1-8-4-13(22)21-12(5-10(19-21)14(16)17)20(8)7-9-2-3-11(15)18-6-9/h2-6,14H,7H2,1H3. The number of rotatable bonds is 3. The fraction of sp³-hybridized carbons (Fsp3) is 0.214. The molecule has 3 aromatic rings. The highest BCUT2D eigenvalue weighted by molar-refractivity contribution is 6.29. The highest BCUT2D eigenvalue weighted by atomic mass is 35.5. The molecular formula is C14H11ClF2N4O. The molecule has 5 nitrogen and oxygen atoms in total. The van der Waals surface area contributed by atoms with Gasteiger partial charge in [-0.2, -0.15) is 9.61 Å². The number of hydrogen-bond acceptors (Lipinski definition) is 3. The van der Waals surface area contributed by atoms with Gasteiger partial charge in [0.1, 0.15) is 16.5 Å². The topological polar surface area (TPSA) is 52.2 Å². The van der Waals surface area contributed by atoms with Gasteiger partial charge in [-0.25, -0.2) is 13.8 Å². The van der Waals surface area contributed by atoms with Gasteiger partial charge in [-0.1, -0.05) is 17.7 Å². The fourth-order valence-corrected chi connectivity index (χ4v) is 2.35. The Morgan fingerprint density at radius 1 is 1.32 bits per heavy atom. The van der Waals surface area contributed by atoms with Crippen LogP contribution >= 0.6 is 11.6 Å². The van der Waals surface area contributed by atoms with Crippen LogP contribution in [0.4, 0.5) is 8.78 Å². The molecule has 0 amide bonds. The lowest BCUT2D eigenvalue weighted by molar-refractivity contribution is 0.145. The Kier molecular flexibility index (Phi) is 3.66. The predicted molar refractivity (Wildman–Crippen MR) is 77.5 cm³/mol. The second-order valence-electron chi connectivity index (χ2n) is 4.84. The lowest BCUT2D eigenvalue weighted by Crippen LogP contribution is -2.20. The Labute approximate surface area is 128 Å². The Hall–Kier alpha value is -2.28. The molecule has 0 aliphatic carbocycles. The number of halogens is 3. The molecule has 0 aromatic carbocycles. The van der Waals surface area contributed by atoms with Crippen molar-refractivity contribution < 1.29 is 8.78 Å². The molecule has 0 spiro atoms. The first-order chi connectivity index (χ1) is 10.5. The molecule has 8 heteroatoms. The third-order valence-electron chi connectivity index (χ3n) is 3.31. The quantitative estimate of drug-likeness (QED) is 0.696. The van der Waals surface area contributed by atoms with Crippen LogP contribution < -0.4 is 5.56 Å². The summed E-state index contributed by atoms with van der Waals surface area (Å²) in [5, 5.41) is 4.04. The van der Waals surface area contributed by atoms with Crippen molar-refractivity contribution in [2.45, 2.75) is 19.9 Å². The minimum Gasteiger partial charge on any atom is -0.326 e. The summed E-state index contributed by atoms with van der Waals surface area (Å²) in [5.41, 5.74) is 0.928. The van der Waals surface area contributed by atoms with E-state index < -0.39 is 17.7 Å². The van der Waals surface area contributed by atoms with Crippen molar-refractivity contribution in [1.29, 1.82) is 0 Å². The minimum absolute atomic E-state index is 0.315. The summed E-state index contributed by atoms with van der Waals surface area (Å²) in [6, 6.07) is 6.02. The first-order valence-electron chi connectivity index (χ1n) is 6.44. The second kappa shape index (κ2) is 5.49. The summed E-state index contributed by atoms with van der Waals surface area (Å²) in [6.45, 7) is 2.11. The van der Waals surface area contributed by atoms with E-state index in [2.05, 4.69) is 10.1 Å². The Balaban J connectivity index is 2.15. The van der Waals surface area contributed by atoms with Gasteiger partial charge in [0.05, 0.1) is 6.54 Å². The summed E-state index contributed by atoms with van der Waals surface area (Å²) >= 11 is 5.74. The number of aryl methyl sites for hydroxylation is 1. The zero-order chi connectivity index (χ0) is 15.9. The average molecular weight is 325 g/mol. The number of fused-ring (bicyclic) bond motifs is 1. The maximum absolute atomic E-state index is 12.8. The maximum atomic E-state index is 12.8. The molecule has 3 aromatic heterocycles. The van der Waals surface area contributed by atoms with E-state index in [1.165, 1.54) is 12.1 Å². The van der Waals surface area contributed by atoms with Crippen LogP contribution in [0.3, 0.4) is 0 Å². The second-order valence-corrected chi connectivity index (χ2v) is 5.23. The third-order valence-corrected chi connectivity index (χ3v) is 3.53. The van der Waals surface area contributed by atoms with Crippen molar-refractivity contribution in [1.82, 2.24) is 19.2 Å². The van der Waals surface area contributed by atoms with Gasteiger partial charge in [-0.05, 0) is 18.6 Å². The lowest BCUT2D eigenvalue weighted by atomic mass is 10.2. The van der Waals surface area contributed by atoms with Gasteiger partial charge < -0.3 is 4.57 Å². The van der Waals surface area contributed by atoms with Crippen LogP contribution in [0.1, 0.15) is 23.4 Å². The van der Waals surface area contributed by atoms with Crippen molar-refractivity contribution >= 4 is 17.2 Å². The summed E-state index contributed by atoms with van der Waals surface area (Å²) in [6.07, 6.45) is -1.13. The van der Waals surface area contributed by atoms with Gasteiger partial charge in [-0.3, -0.25) is 4.79 Å². The first kappa shape index (κ1) is 14.6. The van der Waals surface area contributed by atoms with Crippen molar-refractivity contribution in [2.75, 3.05) is 0 Å². The van der Waals surface area contributed by atoms with E-state index in [-0.39, 0.29) is 0 Å². The molecule has 0 bridgehead atoms. The molecule has 3 heterocycles. The summed E-state index contributed by atoms with van der Waals surface area (Å²) in [4.78, 5) is 15.9. The van der Waals surface area contributed by atoms with E-state index in [0.717, 1.165) is 10.1 Å². The molecule has 0 aliphatic rings. The molecular weight excluding hydrogens is 314 g/mol. The van der Waals surface area contributed by atoms with Crippen molar-refractivity contribution in [3.05, 3.63) is 62.9 Å². The van der Waals surface area contributed by atoms with Gasteiger partial charge in [0.15, 0.2) is 0 Å². The number of aromatic nitrogens is 4. The Morgan fingerprint density at radius 2 is 2.09 bits per heavy atom. The smallest absolute Gasteiger partial charge is 0.282 e. The highest BCUT2D eigenvalue weighted by Crippen LogP contribution is 2.19. The van der Waals surface area contributed by atoms with Crippen LogP contribution in [-0.4, -0.2) is 19.2 Å². The van der Waals surface area contributed by atoms with Crippen LogP contribution in [-0.2, 0) is 6.54 Å². The van der Waals surface area contributed by atoms with Crippen LogP contribution in [0.2, 0.25) is 5.15 Å². The number of hydrogen-bond donors (Lipinski definition) is 0. The molecule has 0 saturated carbocycles. The minimum atomic E-state index is -2.73. The largest absolute Gasteiger partial charge is 0.326 e. The normalized spacial score (nSPS) is 11.5. The first-order valence-corrected chi connectivity index (χ1v) is 6.82. The van der Waals surface area contributed by atoms with E-state index in [4.69, 9.17) is 11.6 Å². The van der Waals surface area contributed by atoms with Gasteiger partial charge in [0, 0.05) is 24.0 Å². The molecule has 0 fully saturated rings. The lowest BCUT2D eigenvalue weighted by Gasteiger charge is -2.12. The van der Waals surface area contributed by atoms with Crippen molar-refractivity contribution in [3.63, 3.8) is 0 Å². The molecule has 0 aliphatic heterocycles. The number of nitrogens with zero attached hydrogens (tertiary/aromatic N) is 4. The molecule has 114 valence electrons. The zero-order valence-corrected chi connectivity index (χ0v) is 12.3. The molecule has 22 heavy (non-hydrogen) atoms. The van der Waals surface area contributed by atoms with Crippen LogP contribution in [0, 0.1) is 6.92 Å². The van der Waals surface area contributed by atoms with E-state index in [9.17, 15) is 13.6 Å². The van der Waals surface area contributed by atoms with Crippen LogP contribution in [0.25, 0.3) is 5.65 Å². The molecule has 0 N–H and O–H groups in total. The summed E-state index contributed by atoms with van der Waals surface area (Å²) in [5.74, 6) is 0. The van der Waals surface area contributed by atoms with Gasteiger partial charge in [0.25, 0.3) is 12.0 Å². The van der Waals surface area contributed by atoms with E-state index in [0.29, 0.717) is 23.0 Å². The third kappa shape index (κ3) is 2.59. The van der Waals surface area contributed by atoms with Crippen LogP contribution in [0.5, 0.6) is 0 Å². The fourth-order valence-electron chi connectivity index (χ4n) is 2.24. The average Bonchev–Trinajstić information content (AvgIpc) is 2.91. The summed E-state index contributed by atoms with van der Waals surface area (Å²) in [7, 11) is 0. The van der Waals surface area contributed by atoms with E-state index in [1.807, 2.05) is 0 Å². The predicted octanol–water partition coefficient (Wildman–Crippen LogP) is 2.84. The van der Waals surface area contributed by atoms with Gasteiger partial charge >= 0.3 is 0 Å². The molecule has 0 atom stereocenters. The van der Waals surface area contributed by atoms with Crippen LogP contribution in [0.15, 0.2) is 35.3 Å². The van der Waals surface area contributed by atoms with Gasteiger partial charge in [0.2, 0.25) is 0 Å². The molecule has 3 rings (SSSR count). The van der Waals surface area contributed by atoms with Crippen molar-refractivity contribution in [2.24, 2.45) is 0 Å². The molecule has 0 unspecified atom stereocenters. The SMILES string of the molecule is Cc1cc(=O)n2nc(C(F)F)cc2n1Cc1ccc(Cl)nc1. The highest BCUT2D eigenvalue weighted by Gasteiger charge is 2.16. The maximum Gasteiger partial charge on any atom is 0.282 e. The number of pyridine rings is 1. The Morgan fingerprint density at radius 3 is 2.73 bits per heavy atom. The van der Waals surface area contributed by atoms with Crippen molar-refractivity contribution in [3.8, 4) is 0 Å². The monoisotopic (exact) mass is 324 g/mol. The zero-order valence-electron chi connectivity index (χ0n) is 11.5. The summed E-state index contributed by atoms with van der Waals surface area (Å²) < 4.78 is 28.4. The molecule has 0 saturated heterocycles. The number of alkyl halides is 2.